The quantitative estimate of drug-likeness (QED) is 0.0335. The summed E-state index contributed by atoms with van der Waals surface area (Å²) < 4.78 is 29.6. The third-order valence-electron chi connectivity index (χ3n) is 21.4. The highest BCUT2D eigenvalue weighted by atomic mass is 16.5. The van der Waals surface area contributed by atoms with Gasteiger partial charge in [-0.2, -0.15) is 0 Å². The van der Waals surface area contributed by atoms with Crippen LogP contribution in [0.2, 0.25) is 0 Å². The van der Waals surface area contributed by atoms with Crippen LogP contribution in [-0.2, 0) is 22.4 Å². The first-order chi connectivity index (χ1) is 51.1. The van der Waals surface area contributed by atoms with Crippen LogP contribution < -0.4 is 18.9 Å². The number of imide groups is 2. The SMILES string of the molecule is CCN(CC)C(=O)C(Cc1cc2ccccc2[nH]1)N1C(=O)c2cc(Oc3ccc(C(C)C)cc3)c3c4c(Oc5ccc(C(C)C)cc5)cc5c6c(cc(Oc7ccc(C(C)C)cc7)c(c7c(Oc8ccc(C(C)C)cc8)cc(c2c37)C1=O)c64)C(=O)N(C(Cc1cc2ccccc2[nH]1)C(=O)N(CC)CC)C5=O. The van der Waals surface area contributed by atoms with Crippen molar-refractivity contribution >= 4 is 100 Å². The smallest absolute Gasteiger partial charge is 0.262 e. The van der Waals surface area contributed by atoms with E-state index in [1.165, 1.54) is 0 Å². The zero-order valence-electron chi connectivity index (χ0n) is 61.9. The molecule has 2 aliphatic heterocycles. The Morgan fingerprint density at radius 2 is 0.594 bits per heavy atom. The number of likely N-dealkylation sites (N-methyl/N-ethyl adjacent to an activating group) is 2. The number of aromatic amines is 2. The largest absolute Gasteiger partial charge is 0.457 e. The summed E-state index contributed by atoms with van der Waals surface area (Å²) in [6.07, 6.45) is -0.0967. The van der Waals surface area contributed by atoms with Gasteiger partial charge in [0, 0.05) is 105 Å². The highest BCUT2D eigenvalue weighted by Gasteiger charge is 2.47. The number of para-hydroxylation sites is 2. The van der Waals surface area contributed by atoms with Gasteiger partial charge in [-0.25, -0.2) is 0 Å². The van der Waals surface area contributed by atoms with E-state index >= 15 is 28.8 Å². The second-order valence-corrected chi connectivity index (χ2v) is 29.2. The minimum atomic E-state index is -1.36. The van der Waals surface area contributed by atoms with Crippen molar-refractivity contribution in [3.63, 3.8) is 0 Å². The molecule has 0 radical (unpaired) electrons. The number of benzene rings is 11. The van der Waals surface area contributed by atoms with Crippen molar-refractivity contribution in [3.05, 3.63) is 238 Å². The number of H-pyrrole nitrogens is 2. The van der Waals surface area contributed by atoms with Crippen LogP contribution in [0.5, 0.6) is 46.0 Å². The lowest BCUT2D eigenvalue weighted by Crippen LogP contribution is -2.55. The van der Waals surface area contributed by atoms with Crippen LogP contribution >= 0.6 is 0 Å². The molecular formula is C90H86N6O10. The predicted molar refractivity (Wildman–Crippen MR) is 419 cm³/mol. The number of carbonyl (C=O) groups is 6. The van der Waals surface area contributed by atoms with Crippen molar-refractivity contribution in [2.24, 2.45) is 0 Å². The van der Waals surface area contributed by atoms with Gasteiger partial charge in [0.2, 0.25) is 11.8 Å². The number of hydrogen-bond acceptors (Lipinski definition) is 10. The fraction of sp³-hybridized carbons (Fsp3) is 0.267. The summed E-state index contributed by atoms with van der Waals surface area (Å²) in [4.78, 5) is 110. The van der Waals surface area contributed by atoms with Crippen molar-refractivity contribution in [2.45, 2.75) is 132 Å². The second kappa shape index (κ2) is 28.0. The zero-order valence-corrected chi connectivity index (χ0v) is 61.9. The van der Waals surface area contributed by atoms with E-state index in [9.17, 15) is 0 Å². The Hall–Kier alpha value is -11.8. The molecule has 0 saturated heterocycles. The van der Waals surface area contributed by atoms with Crippen LogP contribution in [0.25, 0.3) is 64.9 Å². The standard InChI is InChI=1S/C90H86N6O10/c1-13-93(14-2)89(101)71(43-59-41-57-21-17-19-23-69(57)91-59)95-85(97)65-45-73(103-61-33-25-53(26-34-61)49(5)6)79-81-75(105-63-37-29-55(30-38-63)51(9)10)47-67-78-68(88(100)96(87(67)99)72(90(102)94(15-3)16-4)44-60-42-58-22-18-20-24-70(58)92-60)48-76(106-64-39-31-56(32-40-64)52(11)12)82(84(78)81)80-74(46-66(86(95)98)77(65)83(79)80)104-62-35-27-54(28-36-62)50(7)8/h17-42,45-52,71-72,91-92H,13-16,43-44H2,1-12H3. The minimum absolute atomic E-state index is 0.0484. The van der Waals surface area contributed by atoms with Gasteiger partial charge in [-0.05, 0) is 181 Å². The van der Waals surface area contributed by atoms with Crippen molar-refractivity contribution in [2.75, 3.05) is 26.2 Å². The zero-order chi connectivity index (χ0) is 74.3. The molecule has 0 fully saturated rings. The fourth-order valence-corrected chi connectivity index (χ4v) is 15.6. The third-order valence-corrected chi connectivity index (χ3v) is 21.4. The van der Waals surface area contributed by atoms with Crippen LogP contribution in [0, 0.1) is 0 Å². The lowest BCUT2D eigenvalue weighted by molar-refractivity contribution is -0.135. The average molecular weight is 1410 g/mol. The number of fused-ring (bicyclic) bond motifs is 4. The maximum atomic E-state index is 16.7. The van der Waals surface area contributed by atoms with E-state index in [1.54, 1.807) is 34.1 Å². The van der Waals surface area contributed by atoms with Crippen LogP contribution in [0.3, 0.4) is 0 Å². The molecule has 13 aromatic rings. The van der Waals surface area contributed by atoms with E-state index in [0.717, 1.165) is 53.9 Å². The van der Waals surface area contributed by atoms with Crippen molar-refractivity contribution < 1.29 is 47.7 Å². The number of rotatable bonds is 24. The monoisotopic (exact) mass is 1410 g/mol. The van der Waals surface area contributed by atoms with Gasteiger partial charge in [0.15, 0.2) is 0 Å². The van der Waals surface area contributed by atoms with Gasteiger partial charge in [0.25, 0.3) is 23.6 Å². The Morgan fingerprint density at radius 3 is 0.830 bits per heavy atom. The molecule has 4 heterocycles. The molecule has 0 bridgehead atoms. The van der Waals surface area contributed by atoms with Gasteiger partial charge < -0.3 is 38.7 Å². The van der Waals surface area contributed by atoms with E-state index < -0.39 is 47.5 Å². The van der Waals surface area contributed by atoms with Gasteiger partial charge in [0.05, 0.1) is 22.3 Å². The molecule has 16 nitrogen and oxygen atoms in total. The molecule has 106 heavy (non-hydrogen) atoms. The van der Waals surface area contributed by atoms with E-state index in [-0.39, 0.29) is 92.5 Å². The molecule has 16 heteroatoms. The summed E-state index contributed by atoms with van der Waals surface area (Å²) in [6.45, 7) is 25.5. The number of hydrogen-bond donors (Lipinski definition) is 2. The van der Waals surface area contributed by atoms with E-state index in [1.807, 2.05) is 185 Å². The summed E-state index contributed by atoms with van der Waals surface area (Å²) in [7, 11) is 0. The maximum absolute atomic E-state index is 16.7. The van der Waals surface area contributed by atoms with Gasteiger partial charge in [-0.1, -0.05) is 140 Å². The van der Waals surface area contributed by atoms with Gasteiger partial charge in [0.1, 0.15) is 58.1 Å². The Kier molecular flexibility index (Phi) is 18.5. The summed E-state index contributed by atoms with van der Waals surface area (Å²) in [6, 6.07) is 54.2. The summed E-state index contributed by atoms with van der Waals surface area (Å²) in [5, 5.41) is 4.24. The third kappa shape index (κ3) is 12.3. The van der Waals surface area contributed by atoms with E-state index in [0.29, 0.717) is 92.9 Å². The number of ether oxygens (including phenoxy) is 4. The number of carbonyl (C=O) groups excluding carboxylic acids is 6. The highest BCUT2D eigenvalue weighted by Crippen LogP contribution is 2.58. The van der Waals surface area contributed by atoms with Crippen LogP contribution in [0.4, 0.5) is 0 Å². The first-order valence-electron chi connectivity index (χ1n) is 37.1. The Morgan fingerprint density at radius 1 is 0.340 bits per heavy atom. The maximum Gasteiger partial charge on any atom is 0.262 e. The van der Waals surface area contributed by atoms with E-state index in [4.69, 9.17) is 18.9 Å². The normalized spacial score (nSPS) is 13.7. The predicted octanol–water partition coefficient (Wildman–Crippen LogP) is 20.5. The molecule has 2 unspecified atom stereocenters. The molecule has 2 atom stereocenters. The summed E-state index contributed by atoms with van der Waals surface area (Å²) >= 11 is 0. The van der Waals surface area contributed by atoms with Crippen LogP contribution in [-0.4, -0.2) is 103 Å². The first kappa shape index (κ1) is 69.9. The lowest BCUT2D eigenvalue weighted by atomic mass is 9.80. The molecule has 6 amide bonds. The molecule has 0 spiro atoms. The van der Waals surface area contributed by atoms with Crippen molar-refractivity contribution in [3.8, 4) is 46.0 Å². The highest BCUT2D eigenvalue weighted by molar-refractivity contribution is 6.45. The van der Waals surface area contributed by atoms with Crippen molar-refractivity contribution in [1.82, 2.24) is 29.6 Å². The Labute approximate surface area is 616 Å². The average Bonchev–Trinajstić information content (AvgIpc) is 0.688. The van der Waals surface area contributed by atoms with Gasteiger partial charge >= 0.3 is 0 Å². The minimum Gasteiger partial charge on any atom is -0.457 e. The van der Waals surface area contributed by atoms with Crippen LogP contribution in [0.15, 0.2) is 182 Å². The first-order valence-corrected chi connectivity index (χ1v) is 37.1. The molecule has 15 rings (SSSR count). The number of aromatic nitrogens is 2. The molecule has 536 valence electrons. The molecule has 11 aromatic carbocycles. The molecule has 0 aliphatic carbocycles. The number of nitrogens with zero attached hydrogens (tertiary/aromatic N) is 4. The van der Waals surface area contributed by atoms with Crippen molar-refractivity contribution in [1.29, 1.82) is 0 Å². The number of nitrogens with one attached hydrogen (secondary N) is 2. The van der Waals surface area contributed by atoms with Gasteiger partial charge in [-0.3, -0.25) is 38.6 Å². The lowest BCUT2D eigenvalue weighted by Gasteiger charge is -2.37. The topological polar surface area (TPSA) is 184 Å². The summed E-state index contributed by atoms with van der Waals surface area (Å²) in [5.41, 5.74) is 7.33. The molecule has 2 aliphatic rings. The fourth-order valence-electron chi connectivity index (χ4n) is 15.6. The Bertz CT molecular complexity index is 5000. The Balaban J connectivity index is 1.10. The molecule has 0 saturated carbocycles. The van der Waals surface area contributed by atoms with Gasteiger partial charge in [-0.15, -0.1) is 0 Å². The molecule has 2 N–H and O–H groups in total. The van der Waals surface area contributed by atoms with E-state index in [2.05, 4.69) is 65.4 Å². The molecular weight excluding hydrogens is 1330 g/mol. The second-order valence-electron chi connectivity index (χ2n) is 29.2. The number of amides is 6. The van der Waals surface area contributed by atoms with Crippen LogP contribution in [0.1, 0.15) is 182 Å². The molecule has 2 aromatic heterocycles. The summed E-state index contributed by atoms with van der Waals surface area (Å²) in [5.74, 6) is -1.08.